The average Bonchev–Trinajstić information content (AvgIpc) is 2.82. The van der Waals surface area contributed by atoms with Crippen LogP contribution in [0.15, 0.2) is 30.6 Å². The minimum absolute atomic E-state index is 0.231. The molecule has 0 radical (unpaired) electrons. The number of nitrogen functional groups attached to an aromatic ring is 1. The molecule has 0 spiro atoms. The Morgan fingerprint density at radius 3 is 2.76 bits per heavy atom. The average molecular weight is 298 g/mol. The van der Waals surface area contributed by atoms with Crippen molar-refractivity contribution in [3.8, 4) is 0 Å². The highest BCUT2D eigenvalue weighted by molar-refractivity contribution is 7.21. The van der Waals surface area contributed by atoms with E-state index in [4.69, 9.17) is 5.73 Å². The lowest BCUT2D eigenvalue weighted by molar-refractivity contribution is 0.103. The molecule has 0 aliphatic rings. The monoisotopic (exact) mass is 298 g/mol. The van der Waals surface area contributed by atoms with Crippen LogP contribution in [0.2, 0.25) is 0 Å². The molecule has 0 bridgehead atoms. The van der Waals surface area contributed by atoms with E-state index in [1.807, 2.05) is 32.0 Å². The van der Waals surface area contributed by atoms with Gasteiger partial charge in [-0.25, -0.2) is 9.97 Å². The van der Waals surface area contributed by atoms with E-state index in [1.54, 1.807) is 12.4 Å². The van der Waals surface area contributed by atoms with Gasteiger partial charge in [0.05, 0.1) is 5.69 Å². The van der Waals surface area contributed by atoms with Crippen LogP contribution in [0.4, 0.5) is 11.4 Å². The molecule has 3 N–H and O–H groups in total. The number of carbonyl (C=O) groups excluding carboxylic acids is 1. The maximum Gasteiger partial charge on any atom is 0.268 e. The molecule has 0 aliphatic carbocycles. The Balaban J connectivity index is 1.97. The molecule has 3 rings (SSSR count). The van der Waals surface area contributed by atoms with Gasteiger partial charge in [0.2, 0.25) is 0 Å². The van der Waals surface area contributed by atoms with Gasteiger partial charge in [-0.15, -0.1) is 11.3 Å². The number of hydrogen-bond donors (Lipinski definition) is 2. The lowest BCUT2D eigenvalue weighted by Crippen LogP contribution is -2.13. The minimum atomic E-state index is -0.231. The van der Waals surface area contributed by atoms with Gasteiger partial charge in [0, 0.05) is 18.1 Å². The Bertz CT molecular complexity index is 841. The maximum absolute atomic E-state index is 12.4. The van der Waals surface area contributed by atoms with Crippen molar-refractivity contribution in [1.29, 1.82) is 0 Å². The van der Waals surface area contributed by atoms with Gasteiger partial charge in [-0.1, -0.05) is 12.1 Å². The van der Waals surface area contributed by atoms with Crippen molar-refractivity contribution in [3.63, 3.8) is 0 Å². The number of benzene rings is 1. The molecular formula is C15H14N4OS. The van der Waals surface area contributed by atoms with Crippen molar-refractivity contribution in [2.75, 3.05) is 11.1 Å². The molecule has 2 aromatic heterocycles. The molecule has 21 heavy (non-hydrogen) atoms. The van der Waals surface area contributed by atoms with Crippen LogP contribution >= 0.6 is 11.3 Å². The topological polar surface area (TPSA) is 80.9 Å². The van der Waals surface area contributed by atoms with E-state index < -0.39 is 0 Å². The molecule has 5 nitrogen and oxygen atoms in total. The van der Waals surface area contributed by atoms with Gasteiger partial charge in [-0.05, 0) is 31.0 Å². The number of aryl methyl sites for hydroxylation is 1. The smallest absolute Gasteiger partial charge is 0.268 e. The zero-order valence-electron chi connectivity index (χ0n) is 11.7. The van der Waals surface area contributed by atoms with Gasteiger partial charge in [0.25, 0.3) is 5.91 Å². The number of hydrogen-bond acceptors (Lipinski definition) is 5. The summed E-state index contributed by atoms with van der Waals surface area (Å²) in [5.74, 6) is -0.231. The molecule has 0 fully saturated rings. The molecule has 0 saturated carbocycles. The highest BCUT2D eigenvalue weighted by Gasteiger charge is 2.18. The first kappa shape index (κ1) is 13.5. The van der Waals surface area contributed by atoms with Crippen molar-refractivity contribution in [3.05, 3.63) is 46.6 Å². The van der Waals surface area contributed by atoms with E-state index in [-0.39, 0.29) is 5.91 Å². The molecule has 0 saturated heterocycles. The van der Waals surface area contributed by atoms with Gasteiger partial charge in [-0.3, -0.25) is 4.79 Å². The fourth-order valence-corrected chi connectivity index (χ4v) is 2.99. The number of nitrogens with zero attached hydrogens (tertiary/aromatic N) is 2. The summed E-state index contributed by atoms with van der Waals surface area (Å²) in [6, 6.07) is 5.79. The van der Waals surface area contributed by atoms with Crippen molar-refractivity contribution < 1.29 is 4.79 Å². The number of fused-ring (bicyclic) bond motifs is 1. The standard InChI is InChI=1S/C15H14N4OS/c1-8-4-3-5-10(9(8)2)19-14(20)13-11(16)12-15(21-13)18-7-6-17-12/h3-7H,16H2,1-2H3,(H,19,20). The minimum Gasteiger partial charge on any atom is -0.396 e. The second-order valence-corrected chi connectivity index (χ2v) is 5.76. The fourth-order valence-electron chi connectivity index (χ4n) is 2.08. The van der Waals surface area contributed by atoms with Gasteiger partial charge < -0.3 is 11.1 Å². The van der Waals surface area contributed by atoms with Crippen LogP contribution in [0.25, 0.3) is 10.3 Å². The summed E-state index contributed by atoms with van der Waals surface area (Å²) in [7, 11) is 0. The Kier molecular flexibility index (Phi) is 3.31. The molecule has 0 atom stereocenters. The van der Waals surface area contributed by atoms with Gasteiger partial charge in [0.15, 0.2) is 0 Å². The third kappa shape index (κ3) is 2.34. The maximum atomic E-state index is 12.4. The summed E-state index contributed by atoms with van der Waals surface area (Å²) in [6.07, 6.45) is 3.16. The molecule has 0 aliphatic heterocycles. The SMILES string of the molecule is Cc1cccc(NC(=O)c2sc3nccnc3c2N)c1C. The van der Waals surface area contributed by atoms with Crippen LogP contribution < -0.4 is 11.1 Å². The number of anilines is 2. The molecule has 2 heterocycles. The first-order valence-electron chi connectivity index (χ1n) is 6.44. The summed E-state index contributed by atoms with van der Waals surface area (Å²) in [5, 5.41) is 2.91. The van der Waals surface area contributed by atoms with E-state index in [1.165, 1.54) is 11.3 Å². The van der Waals surface area contributed by atoms with Crippen LogP contribution in [0.1, 0.15) is 20.8 Å². The third-order valence-corrected chi connectivity index (χ3v) is 4.52. The number of nitrogens with two attached hydrogens (primary N) is 1. The predicted molar refractivity (Wildman–Crippen MR) is 85.7 cm³/mol. The van der Waals surface area contributed by atoms with Gasteiger partial charge in [-0.2, -0.15) is 0 Å². The van der Waals surface area contributed by atoms with Crippen LogP contribution in [-0.4, -0.2) is 15.9 Å². The molecule has 3 aromatic rings. The second-order valence-electron chi connectivity index (χ2n) is 4.76. The number of amides is 1. The Morgan fingerprint density at radius 2 is 2.00 bits per heavy atom. The molecular weight excluding hydrogens is 284 g/mol. The molecule has 0 unspecified atom stereocenters. The van der Waals surface area contributed by atoms with E-state index in [0.717, 1.165) is 16.8 Å². The van der Waals surface area contributed by atoms with E-state index in [2.05, 4.69) is 15.3 Å². The summed E-state index contributed by atoms with van der Waals surface area (Å²) in [5.41, 5.74) is 9.92. The number of carbonyl (C=O) groups is 1. The summed E-state index contributed by atoms with van der Waals surface area (Å²) in [6.45, 7) is 3.98. The van der Waals surface area contributed by atoms with E-state index >= 15 is 0 Å². The first-order valence-corrected chi connectivity index (χ1v) is 7.26. The predicted octanol–water partition coefficient (Wildman–Crippen LogP) is 3.14. The van der Waals surface area contributed by atoms with E-state index in [0.29, 0.717) is 20.9 Å². The lowest BCUT2D eigenvalue weighted by atomic mass is 10.1. The zero-order chi connectivity index (χ0) is 15.0. The van der Waals surface area contributed by atoms with Crippen LogP contribution in [0, 0.1) is 13.8 Å². The van der Waals surface area contributed by atoms with Crippen molar-refractivity contribution in [2.45, 2.75) is 13.8 Å². The van der Waals surface area contributed by atoms with Crippen LogP contribution in [0.5, 0.6) is 0 Å². The molecule has 6 heteroatoms. The largest absolute Gasteiger partial charge is 0.396 e. The molecule has 1 aromatic carbocycles. The Labute approximate surface area is 125 Å². The van der Waals surface area contributed by atoms with Crippen molar-refractivity contribution >= 4 is 39.0 Å². The number of thiophene rings is 1. The fraction of sp³-hybridized carbons (Fsp3) is 0.133. The Hall–Kier alpha value is -2.47. The normalized spacial score (nSPS) is 10.8. The number of nitrogens with one attached hydrogen (secondary N) is 1. The first-order chi connectivity index (χ1) is 10.1. The molecule has 106 valence electrons. The third-order valence-electron chi connectivity index (χ3n) is 3.42. The molecule has 1 amide bonds. The summed E-state index contributed by atoms with van der Waals surface area (Å²) in [4.78, 5) is 21.9. The zero-order valence-corrected chi connectivity index (χ0v) is 12.5. The van der Waals surface area contributed by atoms with E-state index in [9.17, 15) is 4.79 Å². The Morgan fingerprint density at radius 1 is 1.24 bits per heavy atom. The number of rotatable bonds is 2. The highest BCUT2D eigenvalue weighted by Crippen LogP contribution is 2.31. The number of aromatic nitrogens is 2. The quantitative estimate of drug-likeness (QED) is 0.761. The summed E-state index contributed by atoms with van der Waals surface area (Å²) < 4.78 is 0. The van der Waals surface area contributed by atoms with Gasteiger partial charge >= 0.3 is 0 Å². The summed E-state index contributed by atoms with van der Waals surface area (Å²) >= 11 is 1.25. The lowest BCUT2D eigenvalue weighted by Gasteiger charge is -2.09. The van der Waals surface area contributed by atoms with Gasteiger partial charge in [0.1, 0.15) is 15.2 Å². The second kappa shape index (κ2) is 5.14. The van der Waals surface area contributed by atoms with Crippen LogP contribution in [-0.2, 0) is 0 Å². The highest BCUT2D eigenvalue weighted by atomic mass is 32.1. The van der Waals surface area contributed by atoms with Crippen LogP contribution in [0.3, 0.4) is 0 Å². The van der Waals surface area contributed by atoms with Crippen molar-refractivity contribution in [1.82, 2.24) is 9.97 Å². The van der Waals surface area contributed by atoms with Crippen molar-refractivity contribution in [2.24, 2.45) is 0 Å².